The van der Waals surface area contributed by atoms with Gasteiger partial charge >= 0.3 is 0 Å². The Labute approximate surface area is 93.1 Å². The molecular formula is C14H22O. The average molecular weight is 206 g/mol. The normalized spacial score (nSPS) is 13.9. The van der Waals surface area contributed by atoms with E-state index in [1.165, 1.54) is 0 Å². The molecule has 0 spiro atoms. The number of aliphatic hydroxyl groups excluding tert-OH is 1. The highest BCUT2D eigenvalue weighted by molar-refractivity contribution is 5.17. The molecule has 1 N–H and O–H groups in total. The first-order valence-electron chi connectivity index (χ1n) is 5.84. The van der Waals surface area contributed by atoms with Gasteiger partial charge < -0.3 is 5.11 Å². The summed E-state index contributed by atoms with van der Waals surface area (Å²) in [6, 6.07) is 9.93. The lowest BCUT2D eigenvalue weighted by Gasteiger charge is -2.29. The van der Waals surface area contributed by atoms with E-state index >= 15 is 0 Å². The standard InChI is InChI=1S/C14H22O/c1-4-14(3,5-2)11-13(15)12-9-7-6-8-10-12/h6-10,13,15H,4-5,11H2,1-3H3/t13-/m0/s1. The van der Waals surface area contributed by atoms with Crippen LogP contribution in [0.4, 0.5) is 0 Å². The smallest absolute Gasteiger partial charge is 0.0795 e. The zero-order chi connectivity index (χ0) is 11.3. The summed E-state index contributed by atoms with van der Waals surface area (Å²) in [7, 11) is 0. The fourth-order valence-electron chi connectivity index (χ4n) is 1.80. The summed E-state index contributed by atoms with van der Waals surface area (Å²) < 4.78 is 0. The third-order valence-electron chi connectivity index (χ3n) is 3.58. The second-order valence-corrected chi connectivity index (χ2v) is 4.65. The predicted octanol–water partition coefficient (Wildman–Crippen LogP) is 3.94. The first-order valence-corrected chi connectivity index (χ1v) is 5.84. The molecule has 84 valence electrons. The summed E-state index contributed by atoms with van der Waals surface area (Å²) >= 11 is 0. The average Bonchev–Trinajstić information content (AvgIpc) is 2.30. The molecule has 1 aromatic rings. The van der Waals surface area contributed by atoms with Gasteiger partial charge in [0.25, 0.3) is 0 Å². The molecule has 0 bridgehead atoms. The Morgan fingerprint density at radius 1 is 1.13 bits per heavy atom. The third-order valence-corrected chi connectivity index (χ3v) is 3.58. The maximum absolute atomic E-state index is 10.1. The van der Waals surface area contributed by atoms with Crippen LogP contribution in [0, 0.1) is 5.41 Å². The van der Waals surface area contributed by atoms with Crippen LogP contribution < -0.4 is 0 Å². The summed E-state index contributed by atoms with van der Waals surface area (Å²) in [5.41, 5.74) is 1.29. The molecule has 0 unspecified atom stereocenters. The van der Waals surface area contributed by atoms with E-state index in [4.69, 9.17) is 0 Å². The first kappa shape index (κ1) is 12.3. The van der Waals surface area contributed by atoms with E-state index in [2.05, 4.69) is 20.8 Å². The van der Waals surface area contributed by atoms with Gasteiger partial charge in [0.1, 0.15) is 0 Å². The molecule has 0 fully saturated rings. The highest BCUT2D eigenvalue weighted by Gasteiger charge is 2.24. The van der Waals surface area contributed by atoms with Crippen molar-refractivity contribution in [2.45, 2.75) is 46.1 Å². The third kappa shape index (κ3) is 3.35. The maximum atomic E-state index is 10.1. The van der Waals surface area contributed by atoms with Crippen LogP contribution in [0.1, 0.15) is 51.7 Å². The van der Waals surface area contributed by atoms with E-state index in [1.807, 2.05) is 30.3 Å². The molecule has 0 aromatic heterocycles. The summed E-state index contributed by atoms with van der Waals surface area (Å²) in [6.45, 7) is 6.64. The van der Waals surface area contributed by atoms with Gasteiger partial charge in [-0.05, 0) is 17.4 Å². The Hall–Kier alpha value is -0.820. The summed E-state index contributed by atoms with van der Waals surface area (Å²) in [5.74, 6) is 0. The molecule has 0 aliphatic carbocycles. The molecule has 1 aromatic carbocycles. The van der Waals surface area contributed by atoms with Crippen molar-refractivity contribution in [3.63, 3.8) is 0 Å². The van der Waals surface area contributed by atoms with Gasteiger partial charge in [-0.2, -0.15) is 0 Å². The van der Waals surface area contributed by atoms with Gasteiger partial charge in [0.2, 0.25) is 0 Å². The number of rotatable bonds is 5. The quantitative estimate of drug-likeness (QED) is 0.773. The SMILES string of the molecule is CCC(C)(CC)C[C@H](O)c1ccccc1. The van der Waals surface area contributed by atoms with Crippen LogP contribution >= 0.6 is 0 Å². The van der Waals surface area contributed by atoms with Gasteiger partial charge in [0.05, 0.1) is 6.10 Å². The second kappa shape index (κ2) is 5.32. The van der Waals surface area contributed by atoms with Crippen LogP contribution in [0.3, 0.4) is 0 Å². The molecule has 1 nitrogen and oxygen atoms in total. The first-order chi connectivity index (χ1) is 7.11. The second-order valence-electron chi connectivity index (χ2n) is 4.65. The summed E-state index contributed by atoms with van der Waals surface area (Å²) in [5, 5.41) is 10.1. The molecule has 1 heteroatoms. The Morgan fingerprint density at radius 2 is 1.67 bits per heavy atom. The molecule has 0 aliphatic heterocycles. The molecule has 1 rings (SSSR count). The molecule has 1 atom stereocenters. The largest absolute Gasteiger partial charge is 0.388 e. The van der Waals surface area contributed by atoms with Crippen LogP contribution in [0.25, 0.3) is 0 Å². The van der Waals surface area contributed by atoms with Crippen LogP contribution in [0.2, 0.25) is 0 Å². The monoisotopic (exact) mass is 206 g/mol. The van der Waals surface area contributed by atoms with E-state index < -0.39 is 0 Å². The van der Waals surface area contributed by atoms with Crippen molar-refractivity contribution < 1.29 is 5.11 Å². The van der Waals surface area contributed by atoms with Gasteiger partial charge in [0, 0.05) is 0 Å². The number of aliphatic hydroxyl groups is 1. The fraction of sp³-hybridized carbons (Fsp3) is 0.571. The van der Waals surface area contributed by atoms with E-state index in [1.54, 1.807) is 0 Å². The van der Waals surface area contributed by atoms with Crippen molar-refractivity contribution in [1.29, 1.82) is 0 Å². The molecule has 0 heterocycles. The number of hydrogen-bond donors (Lipinski definition) is 1. The molecule has 0 aliphatic rings. The molecule has 0 saturated carbocycles. The number of hydrogen-bond acceptors (Lipinski definition) is 1. The van der Waals surface area contributed by atoms with E-state index in [9.17, 15) is 5.11 Å². The number of benzene rings is 1. The van der Waals surface area contributed by atoms with Gasteiger partial charge in [0.15, 0.2) is 0 Å². The van der Waals surface area contributed by atoms with Crippen molar-refractivity contribution in [2.24, 2.45) is 5.41 Å². The Kier molecular flexibility index (Phi) is 4.34. The zero-order valence-corrected chi connectivity index (χ0v) is 10.0. The summed E-state index contributed by atoms with van der Waals surface area (Å²) in [6.07, 6.45) is 2.77. The van der Waals surface area contributed by atoms with E-state index in [-0.39, 0.29) is 11.5 Å². The van der Waals surface area contributed by atoms with Crippen molar-refractivity contribution in [2.75, 3.05) is 0 Å². The molecule has 0 saturated heterocycles. The Bertz CT molecular complexity index is 275. The van der Waals surface area contributed by atoms with Crippen LogP contribution in [-0.4, -0.2) is 5.11 Å². The topological polar surface area (TPSA) is 20.2 Å². The fourth-order valence-corrected chi connectivity index (χ4v) is 1.80. The molecule has 15 heavy (non-hydrogen) atoms. The van der Waals surface area contributed by atoms with Crippen LogP contribution in [-0.2, 0) is 0 Å². The lowest BCUT2D eigenvalue weighted by molar-refractivity contribution is 0.100. The lowest BCUT2D eigenvalue weighted by atomic mass is 9.78. The van der Waals surface area contributed by atoms with Gasteiger partial charge in [-0.3, -0.25) is 0 Å². The Balaban J connectivity index is 2.67. The van der Waals surface area contributed by atoms with Gasteiger partial charge in [-0.1, -0.05) is 63.9 Å². The minimum Gasteiger partial charge on any atom is -0.388 e. The van der Waals surface area contributed by atoms with Crippen LogP contribution in [0.15, 0.2) is 30.3 Å². The van der Waals surface area contributed by atoms with Crippen molar-refractivity contribution in [3.05, 3.63) is 35.9 Å². The van der Waals surface area contributed by atoms with E-state index in [0.29, 0.717) is 0 Å². The van der Waals surface area contributed by atoms with Crippen molar-refractivity contribution in [1.82, 2.24) is 0 Å². The van der Waals surface area contributed by atoms with Crippen molar-refractivity contribution >= 4 is 0 Å². The zero-order valence-electron chi connectivity index (χ0n) is 10.0. The highest BCUT2D eigenvalue weighted by atomic mass is 16.3. The minimum absolute atomic E-state index is 0.259. The highest BCUT2D eigenvalue weighted by Crippen LogP contribution is 2.35. The van der Waals surface area contributed by atoms with E-state index in [0.717, 1.165) is 24.8 Å². The Morgan fingerprint density at radius 3 is 2.13 bits per heavy atom. The minimum atomic E-state index is -0.323. The predicted molar refractivity (Wildman–Crippen MR) is 64.7 cm³/mol. The van der Waals surface area contributed by atoms with Gasteiger partial charge in [-0.25, -0.2) is 0 Å². The van der Waals surface area contributed by atoms with Crippen molar-refractivity contribution in [3.8, 4) is 0 Å². The van der Waals surface area contributed by atoms with Gasteiger partial charge in [-0.15, -0.1) is 0 Å². The lowest BCUT2D eigenvalue weighted by Crippen LogP contribution is -2.18. The van der Waals surface area contributed by atoms with Crippen LogP contribution in [0.5, 0.6) is 0 Å². The molecule has 0 radical (unpaired) electrons. The molecular weight excluding hydrogens is 184 g/mol. The molecule has 0 amide bonds. The maximum Gasteiger partial charge on any atom is 0.0795 e. The summed E-state index contributed by atoms with van der Waals surface area (Å²) in [4.78, 5) is 0.